The van der Waals surface area contributed by atoms with Crippen molar-refractivity contribution in [3.05, 3.63) is 0 Å². The number of nitrogens with zero attached hydrogens (tertiary/aromatic N) is 1. The van der Waals surface area contributed by atoms with Crippen molar-refractivity contribution >= 4 is 0 Å². The van der Waals surface area contributed by atoms with Gasteiger partial charge in [-0.05, 0) is 81.0 Å². The SMILES string of the molecule is CCCCCCC[C@@]1(C#N)CCC2C(CCC3C[C@@H](CCCC)CCC32)C1. The molecule has 3 aliphatic carbocycles. The first-order valence-electron chi connectivity index (χ1n) is 12.6. The van der Waals surface area contributed by atoms with Gasteiger partial charge in [-0.25, -0.2) is 0 Å². The van der Waals surface area contributed by atoms with E-state index in [1.165, 1.54) is 109 Å². The lowest BCUT2D eigenvalue weighted by molar-refractivity contribution is -0.0181. The van der Waals surface area contributed by atoms with Crippen LogP contribution < -0.4 is 0 Å². The molecular weight excluding hydrogens is 326 g/mol. The number of hydrogen-bond acceptors (Lipinski definition) is 1. The molecule has 0 saturated heterocycles. The van der Waals surface area contributed by atoms with E-state index in [9.17, 15) is 5.26 Å². The zero-order valence-corrected chi connectivity index (χ0v) is 18.4. The molecule has 0 radical (unpaired) electrons. The van der Waals surface area contributed by atoms with Crippen molar-refractivity contribution in [2.24, 2.45) is 35.0 Å². The number of unbranched alkanes of at least 4 members (excludes halogenated alkanes) is 5. The van der Waals surface area contributed by atoms with Crippen LogP contribution in [0.3, 0.4) is 0 Å². The first-order valence-corrected chi connectivity index (χ1v) is 12.6. The number of nitriles is 1. The van der Waals surface area contributed by atoms with Gasteiger partial charge in [0, 0.05) is 0 Å². The highest BCUT2D eigenvalue weighted by atomic mass is 14.5. The van der Waals surface area contributed by atoms with Crippen LogP contribution in [0.4, 0.5) is 0 Å². The fourth-order valence-corrected chi connectivity index (χ4v) is 7.23. The molecule has 0 aliphatic heterocycles. The molecule has 0 aromatic rings. The highest BCUT2D eigenvalue weighted by molar-refractivity contribution is 5.06. The van der Waals surface area contributed by atoms with Crippen LogP contribution in [-0.4, -0.2) is 0 Å². The van der Waals surface area contributed by atoms with Gasteiger partial charge in [-0.2, -0.15) is 5.26 Å². The van der Waals surface area contributed by atoms with Gasteiger partial charge in [-0.15, -0.1) is 0 Å². The molecule has 6 atom stereocenters. The molecule has 0 spiro atoms. The molecule has 3 saturated carbocycles. The van der Waals surface area contributed by atoms with E-state index in [-0.39, 0.29) is 5.41 Å². The molecule has 27 heavy (non-hydrogen) atoms. The number of hydrogen-bond donors (Lipinski definition) is 0. The van der Waals surface area contributed by atoms with Crippen molar-refractivity contribution in [1.29, 1.82) is 5.26 Å². The summed E-state index contributed by atoms with van der Waals surface area (Å²) >= 11 is 0. The molecule has 3 aliphatic rings. The third-order valence-corrected chi connectivity index (χ3v) is 8.78. The van der Waals surface area contributed by atoms with Gasteiger partial charge in [-0.3, -0.25) is 0 Å². The molecule has 0 aromatic carbocycles. The summed E-state index contributed by atoms with van der Waals surface area (Å²) < 4.78 is 0. The van der Waals surface area contributed by atoms with Gasteiger partial charge in [0.1, 0.15) is 0 Å². The fraction of sp³-hybridized carbons (Fsp3) is 0.962. The summed E-state index contributed by atoms with van der Waals surface area (Å²) in [6, 6.07) is 2.84. The highest BCUT2D eigenvalue weighted by Crippen LogP contribution is 2.57. The van der Waals surface area contributed by atoms with E-state index in [0.717, 1.165) is 29.6 Å². The Hall–Kier alpha value is -0.510. The Bertz CT molecular complexity index is 477. The minimum absolute atomic E-state index is 0.0402. The number of rotatable bonds is 9. The second-order valence-electron chi connectivity index (χ2n) is 10.5. The molecule has 4 unspecified atom stereocenters. The summed E-state index contributed by atoms with van der Waals surface area (Å²) in [7, 11) is 0. The predicted octanol–water partition coefficient (Wildman–Crippen LogP) is 8.29. The maximum atomic E-state index is 10.0. The first kappa shape index (κ1) is 21.2. The Kier molecular flexibility index (Phi) is 8.10. The molecule has 154 valence electrons. The maximum Gasteiger partial charge on any atom is 0.0689 e. The predicted molar refractivity (Wildman–Crippen MR) is 115 cm³/mol. The standard InChI is InChI=1S/C26H45N/c1-3-5-7-8-9-16-26(20-27)17-15-25-23(19-26)13-12-22-18-21(10-6-4-2)11-14-24(22)25/h21-25H,3-19H2,1-2H3/t21-,22?,23?,24?,25?,26+/m0/s1. The van der Waals surface area contributed by atoms with Crippen LogP contribution in [0.25, 0.3) is 0 Å². The fourth-order valence-electron chi connectivity index (χ4n) is 7.23. The first-order chi connectivity index (χ1) is 13.2. The van der Waals surface area contributed by atoms with Crippen LogP contribution in [0.5, 0.6) is 0 Å². The van der Waals surface area contributed by atoms with Crippen LogP contribution in [0.1, 0.15) is 123 Å². The van der Waals surface area contributed by atoms with E-state index < -0.39 is 0 Å². The van der Waals surface area contributed by atoms with Gasteiger partial charge < -0.3 is 0 Å². The number of fused-ring (bicyclic) bond motifs is 3. The van der Waals surface area contributed by atoms with Crippen LogP contribution in [-0.2, 0) is 0 Å². The van der Waals surface area contributed by atoms with Crippen molar-refractivity contribution < 1.29 is 0 Å². The molecule has 1 nitrogen and oxygen atoms in total. The third kappa shape index (κ3) is 5.31. The summed E-state index contributed by atoms with van der Waals surface area (Å²) in [5.74, 6) is 4.93. The van der Waals surface area contributed by atoms with Crippen LogP contribution in [0, 0.1) is 46.3 Å². The highest BCUT2D eigenvalue weighted by Gasteiger charge is 2.48. The van der Waals surface area contributed by atoms with Crippen LogP contribution in [0.15, 0.2) is 0 Å². The second-order valence-corrected chi connectivity index (χ2v) is 10.5. The normalized spacial score (nSPS) is 38.6. The van der Waals surface area contributed by atoms with Crippen molar-refractivity contribution in [2.45, 2.75) is 123 Å². The lowest BCUT2D eigenvalue weighted by Gasteiger charge is -2.52. The van der Waals surface area contributed by atoms with Gasteiger partial charge in [0.25, 0.3) is 0 Å². The third-order valence-electron chi connectivity index (χ3n) is 8.78. The van der Waals surface area contributed by atoms with E-state index in [1.807, 2.05) is 0 Å². The zero-order chi connectivity index (χ0) is 19.1. The van der Waals surface area contributed by atoms with E-state index >= 15 is 0 Å². The summed E-state index contributed by atoms with van der Waals surface area (Å²) in [6.45, 7) is 4.62. The average molecular weight is 372 g/mol. The summed E-state index contributed by atoms with van der Waals surface area (Å²) in [4.78, 5) is 0. The molecule has 0 N–H and O–H groups in total. The minimum Gasteiger partial charge on any atom is -0.198 e. The summed E-state index contributed by atoms with van der Waals surface area (Å²) in [6.07, 6.45) is 23.4. The Morgan fingerprint density at radius 1 is 0.815 bits per heavy atom. The Balaban J connectivity index is 1.51. The summed E-state index contributed by atoms with van der Waals surface area (Å²) in [5, 5.41) is 10.0. The van der Waals surface area contributed by atoms with Crippen molar-refractivity contribution in [3.8, 4) is 6.07 Å². The minimum atomic E-state index is 0.0402. The average Bonchev–Trinajstić information content (AvgIpc) is 2.71. The monoisotopic (exact) mass is 371 g/mol. The van der Waals surface area contributed by atoms with Crippen LogP contribution in [0.2, 0.25) is 0 Å². The van der Waals surface area contributed by atoms with E-state index in [2.05, 4.69) is 19.9 Å². The summed E-state index contributed by atoms with van der Waals surface area (Å²) in [5.41, 5.74) is 0.0402. The topological polar surface area (TPSA) is 23.8 Å². The van der Waals surface area contributed by atoms with Crippen LogP contribution >= 0.6 is 0 Å². The van der Waals surface area contributed by atoms with Crippen molar-refractivity contribution in [1.82, 2.24) is 0 Å². The quantitative estimate of drug-likeness (QED) is 0.374. The van der Waals surface area contributed by atoms with Crippen molar-refractivity contribution in [2.75, 3.05) is 0 Å². The lowest BCUT2D eigenvalue weighted by atomic mass is 9.52. The van der Waals surface area contributed by atoms with Gasteiger partial charge in [0.15, 0.2) is 0 Å². The molecule has 3 rings (SSSR count). The van der Waals surface area contributed by atoms with Gasteiger partial charge >= 0.3 is 0 Å². The Morgan fingerprint density at radius 3 is 2.33 bits per heavy atom. The van der Waals surface area contributed by atoms with Gasteiger partial charge in [0.2, 0.25) is 0 Å². The lowest BCUT2D eigenvalue weighted by Crippen LogP contribution is -2.44. The van der Waals surface area contributed by atoms with E-state index in [4.69, 9.17) is 0 Å². The Labute approximate surface area is 169 Å². The molecule has 0 amide bonds. The molecule has 1 heteroatoms. The van der Waals surface area contributed by atoms with Gasteiger partial charge in [0.05, 0.1) is 11.5 Å². The van der Waals surface area contributed by atoms with Gasteiger partial charge in [-0.1, -0.05) is 71.6 Å². The van der Waals surface area contributed by atoms with E-state index in [1.54, 1.807) is 0 Å². The second kappa shape index (κ2) is 10.3. The van der Waals surface area contributed by atoms with E-state index in [0.29, 0.717) is 0 Å². The molecule has 0 aromatic heterocycles. The largest absolute Gasteiger partial charge is 0.198 e. The molecule has 0 heterocycles. The Morgan fingerprint density at radius 2 is 1.56 bits per heavy atom. The maximum absolute atomic E-state index is 10.0. The zero-order valence-electron chi connectivity index (χ0n) is 18.4. The molecular formula is C26H45N. The van der Waals surface area contributed by atoms with Crippen molar-refractivity contribution in [3.63, 3.8) is 0 Å². The smallest absolute Gasteiger partial charge is 0.0689 e. The molecule has 0 bridgehead atoms. The molecule has 3 fully saturated rings.